The third-order valence-corrected chi connectivity index (χ3v) is 8.21. The quantitative estimate of drug-likeness (QED) is 0.0792. The van der Waals surface area contributed by atoms with Crippen LogP contribution in [0.25, 0.3) is 5.69 Å². The first kappa shape index (κ1) is 31.0. The molecule has 0 bridgehead atoms. The van der Waals surface area contributed by atoms with E-state index in [1.165, 1.54) is 11.8 Å². The first-order chi connectivity index (χ1) is 19.7. The average Bonchev–Trinajstić information content (AvgIpc) is 3.29. The van der Waals surface area contributed by atoms with Gasteiger partial charge in [-0.25, -0.2) is 0 Å². The molecule has 0 aliphatic heterocycles. The van der Waals surface area contributed by atoms with Crippen LogP contribution in [0.2, 0.25) is 10.0 Å². The van der Waals surface area contributed by atoms with Crippen LogP contribution >= 0.6 is 50.9 Å². The molecule has 3 aromatic carbocycles. The SMILES string of the molecule is CCOc1ccc(-n2c(C)nnc2S[C@H](C[N+](=O)[O-])c2cc(Br)c(OCc3ccc(Cl)cc3Cl)c(OCC)c2)cc1. The average molecular weight is 682 g/mol. The van der Waals surface area contributed by atoms with Crippen LogP contribution in [-0.4, -0.2) is 39.4 Å². The Bertz CT molecular complexity index is 1520. The number of hydrogen-bond acceptors (Lipinski definition) is 8. The van der Waals surface area contributed by atoms with Gasteiger partial charge in [0.2, 0.25) is 6.54 Å². The Morgan fingerprint density at radius 2 is 1.76 bits per heavy atom. The Labute approximate surface area is 260 Å². The maximum atomic E-state index is 11.8. The Hall–Kier alpha value is -2.99. The summed E-state index contributed by atoms with van der Waals surface area (Å²) in [6.07, 6.45) is 0. The van der Waals surface area contributed by atoms with Gasteiger partial charge in [0.05, 0.1) is 17.7 Å². The van der Waals surface area contributed by atoms with E-state index in [1.54, 1.807) is 30.3 Å². The van der Waals surface area contributed by atoms with Gasteiger partial charge in [-0.15, -0.1) is 10.2 Å². The number of nitro groups is 1. The molecule has 0 aliphatic rings. The lowest BCUT2D eigenvalue weighted by Crippen LogP contribution is -2.12. The van der Waals surface area contributed by atoms with Gasteiger partial charge in [0.1, 0.15) is 23.4 Å². The summed E-state index contributed by atoms with van der Waals surface area (Å²) in [6.45, 7) is 6.36. The van der Waals surface area contributed by atoms with Crippen LogP contribution in [0.3, 0.4) is 0 Å². The van der Waals surface area contributed by atoms with E-state index < -0.39 is 5.25 Å². The molecule has 0 aliphatic carbocycles. The van der Waals surface area contributed by atoms with Gasteiger partial charge < -0.3 is 14.2 Å². The van der Waals surface area contributed by atoms with Gasteiger partial charge >= 0.3 is 0 Å². The van der Waals surface area contributed by atoms with Gasteiger partial charge in [-0.3, -0.25) is 14.7 Å². The maximum Gasteiger partial charge on any atom is 0.220 e. The zero-order chi connectivity index (χ0) is 29.5. The number of benzene rings is 3. The number of rotatable bonds is 13. The predicted molar refractivity (Wildman–Crippen MR) is 164 cm³/mol. The molecule has 1 atom stereocenters. The van der Waals surface area contributed by atoms with E-state index in [2.05, 4.69) is 26.1 Å². The van der Waals surface area contributed by atoms with Crippen molar-refractivity contribution < 1.29 is 19.1 Å². The molecule has 0 N–H and O–H groups in total. The van der Waals surface area contributed by atoms with Crippen molar-refractivity contribution in [2.24, 2.45) is 0 Å². The molecular formula is C28H27BrCl2N4O5S. The summed E-state index contributed by atoms with van der Waals surface area (Å²) in [6, 6.07) is 16.3. The largest absolute Gasteiger partial charge is 0.494 e. The molecule has 1 aromatic heterocycles. The van der Waals surface area contributed by atoms with E-state index in [4.69, 9.17) is 37.4 Å². The molecule has 13 heteroatoms. The second kappa shape index (κ2) is 14.3. The summed E-state index contributed by atoms with van der Waals surface area (Å²) in [7, 11) is 0. The van der Waals surface area contributed by atoms with Gasteiger partial charge in [0.25, 0.3) is 0 Å². The number of halogens is 3. The Morgan fingerprint density at radius 1 is 1.02 bits per heavy atom. The van der Waals surface area contributed by atoms with Crippen LogP contribution in [0.4, 0.5) is 0 Å². The highest BCUT2D eigenvalue weighted by Gasteiger charge is 2.26. The van der Waals surface area contributed by atoms with E-state index >= 15 is 0 Å². The van der Waals surface area contributed by atoms with Gasteiger partial charge in [-0.2, -0.15) is 0 Å². The van der Waals surface area contributed by atoms with Crippen molar-refractivity contribution in [3.8, 4) is 22.9 Å². The lowest BCUT2D eigenvalue weighted by atomic mass is 10.1. The van der Waals surface area contributed by atoms with Crippen molar-refractivity contribution in [2.75, 3.05) is 19.8 Å². The molecule has 4 rings (SSSR count). The summed E-state index contributed by atoms with van der Waals surface area (Å²) in [4.78, 5) is 11.4. The van der Waals surface area contributed by atoms with E-state index in [1.807, 2.05) is 49.6 Å². The molecule has 216 valence electrons. The minimum Gasteiger partial charge on any atom is -0.494 e. The van der Waals surface area contributed by atoms with Crippen molar-refractivity contribution in [3.63, 3.8) is 0 Å². The molecule has 0 saturated carbocycles. The normalized spacial score (nSPS) is 11.8. The fraction of sp³-hybridized carbons (Fsp3) is 0.286. The molecule has 9 nitrogen and oxygen atoms in total. The standard InChI is InChI=1S/C28H27BrCl2N4O5S/c1-4-38-22-10-8-21(9-11-22)35-17(3)32-33-28(35)41-26(15-34(36)37)19-12-23(29)27(25(13-19)39-5-2)40-16-18-6-7-20(30)14-24(18)31/h6-14,26H,4-5,15-16H2,1-3H3/t26-/m1/s1. The number of aromatic nitrogens is 3. The monoisotopic (exact) mass is 680 g/mol. The molecule has 0 amide bonds. The predicted octanol–water partition coefficient (Wildman–Crippen LogP) is 8.13. The highest BCUT2D eigenvalue weighted by atomic mass is 79.9. The molecule has 0 spiro atoms. The van der Waals surface area contributed by atoms with Crippen LogP contribution in [-0.2, 0) is 6.61 Å². The Kier molecular flexibility index (Phi) is 10.8. The molecule has 0 fully saturated rings. The van der Waals surface area contributed by atoms with Gasteiger partial charge in [-0.05, 0) is 90.8 Å². The maximum absolute atomic E-state index is 11.8. The van der Waals surface area contributed by atoms with Gasteiger partial charge in [0.15, 0.2) is 16.7 Å². The van der Waals surface area contributed by atoms with Crippen LogP contribution in [0.15, 0.2) is 64.2 Å². The number of nitrogens with zero attached hydrogens (tertiary/aromatic N) is 4. The Balaban J connectivity index is 1.65. The van der Waals surface area contributed by atoms with E-state index in [0.29, 0.717) is 55.8 Å². The first-order valence-corrected chi connectivity index (χ1v) is 15.1. The second-order valence-corrected chi connectivity index (χ2v) is 11.6. The van der Waals surface area contributed by atoms with Crippen LogP contribution in [0, 0.1) is 17.0 Å². The molecular weight excluding hydrogens is 655 g/mol. The zero-order valence-corrected chi connectivity index (χ0v) is 26.4. The van der Waals surface area contributed by atoms with Gasteiger partial charge in [-0.1, -0.05) is 41.0 Å². The van der Waals surface area contributed by atoms with E-state index in [9.17, 15) is 10.1 Å². The van der Waals surface area contributed by atoms with Crippen molar-refractivity contribution in [1.82, 2.24) is 14.8 Å². The van der Waals surface area contributed by atoms with Crippen molar-refractivity contribution in [3.05, 3.63) is 96.2 Å². The van der Waals surface area contributed by atoms with Crippen molar-refractivity contribution >= 4 is 50.9 Å². The summed E-state index contributed by atoms with van der Waals surface area (Å²) in [5, 5.41) is 21.3. The molecule has 1 heterocycles. The lowest BCUT2D eigenvalue weighted by molar-refractivity contribution is -0.479. The number of ether oxygens (including phenoxy) is 3. The highest BCUT2D eigenvalue weighted by molar-refractivity contribution is 9.10. The zero-order valence-electron chi connectivity index (χ0n) is 22.5. The lowest BCUT2D eigenvalue weighted by Gasteiger charge is -2.19. The number of thioether (sulfide) groups is 1. The summed E-state index contributed by atoms with van der Waals surface area (Å²) in [5.74, 6) is 2.30. The van der Waals surface area contributed by atoms with Crippen molar-refractivity contribution in [2.45, 2.75) is 37.8 Å². The molecule has 4 aromatic rings. The van der Waals surface area contributed by atoms with Crippen LogP contribution < -0.4 is 14.2 Å². The minimum absolute atomic E-state index is 0.172. The molecule has 0 saturated heterocycles. The Morgan fingerprint density at radius 3 is 2.41 bits per heavy atom. The van der Waals surface area contributed by atoms with E-state index in [-0.39, 0.29) is 18.1 Å². The van der Waals surface area contributed by atoms with Crippen LogP contribution in [0.5, 0.6) is 17.2 Å². The molecule has 0 unspecified atom stereocenters. The highest BCUT2D eigenvalue weighted by Crippen LogP contribution is 2.43. The van der Waals surface area contributed by atoms with E-state index in [0.717, 1.165) is 17.0 Å². The van der Waals surface area contributed by atoms with Crippen LogP contribution in [0.1, 0.15) is 36.0 Å². The van der Waals surface area contributed by atoms with Gasteiger partial charge in [0, 0.05) is 26.2 Å². The summed E-state index contributed by atoms with van der Waals surface area (Å²) < 4.78 is 20.0. The molecule has 0 radical (unpaired) electrons. The summed E-state index contributed by atoms with van der Waals surface area (Å²) >= 11 is 17.2. The van der Waals surface area contributed by atoms with Crippen molar-refractivity contribution in [1.29, 1.82) is 0 Å². The third-order valence-electron chi connectivity index (χ3n) is 5.85. The summed E-state index contributed by atoms with van der Waals surface area (Å²) in [5.41, 5.74) is 2.23. The first-order valence-electron chi connectivity index (χ1n) is 12.7. The number of aryl methyl sites for hydroxylation is 1. The topological polar surface area (TPSA) is 102 Å². The third kappa shape index (κ3) is 7.85. The smallest absolute Gasteiger partial charge is 0.220 e. The fourth-order valence-corrected chi connectivity index (χ4v) is 6.20. The fourth-order valence-electron chi connectivity index (χ4n) is 4.01. The second-order valence-electron chi connectivity index (χ2n) is 8.70. The molecule has 41 heavy (non-hydrogen) atoms. The minimum atomic E-state index is -0.606. The number of hydrogen-bond donors (Lipinski definition) is 0.